The maximum Gasteiger partial charge on any atom is 0.238 e. The van der Waals surface area contributed by atoms with Gasteiger partial charge < -0.3 is 10.1 Å². The van der Waals surface area contributed by atoms with Gasteiger partial charge in [0.2, 0.25) is 5.91 Å². The van der Waals surface area contributed by atoms with Crippen molar-refractivity contribution in [2.24, 2.45) is 0 Å². The van der Waals surface area contributed by atoms with Gasteiger partial charge in [0.1, 0.15) is 11.0 Å². The largest absolute Gasteiger partial charge is 0.493 e. The van der Waals surface area contributed by atoms with Gasteiger partial charge in [-0.25, -0.2) is 8.42 Å². The van der Waals surface area contributed by atoms with E-state index in [0.717, 1.165) is 17.6 Å². The third-order valence-electron chi connectivity index (χ3n) is 3.29. The lowest BCUT2D eigenvalue weighted by Crippen LogP contribution is -2.40. The van der Waals surface area contributed by atoms with Gasteiger partial charge in [0.05, 0.1) is 12.6 Å². The van der Waals surface area contributed by atoms with Crippen LogP contribution in [0.4, 0.5) is 0 Å². The summed E-state index contributed by atoms with van der Waals surface area (Å²) in [5.74, 6) is 0.273. The number of fused-ring (bicyclic) bond motifs is 1. The van der Waals surface area contributed by atoms with Crippen LogP contribution < -0.4 is 10.1 Å². The molecule has 0 spiro atoms. The number of hydrogen-bond acceptors (Lipinski definition) is 4. The van der Waals surface area contributed by atoms with Crippen molar-refractivity contribution in [2.45, 2.75) is 24.6 Å². The number of amides is 1. The van der Waals surface area contributed by atoms with E-state index in [9.17, 15) is 13.2 Å². The molecule has 0 aliphatic carbocycles. The van der Waals surface area contributed by atoms with Crippen LogP contribution in [0.5, 0.6) is 5.75 Å². The molecular formula is C13H17NO4S. The molecule has 1 aromatic carbocycles. The topological polar surface area (TPSA) is 72.5 Å². The third-order valence-corrected chi connectivity index (χ3v) is 4.78. The lowest BCUT2D eigenvalue weighted by molar-refractivity contribution is -0.121. The zero-order chi connectivity index (χ0) is 14.0. The normalized spacial score (nSPS) is 20.0. The molecule has 0 saturated carbocycles. The first kappa shape index (κ1) is 13.9. The van der Waals surface area contributed by atoms with Gasteiger partial charge >= 0.3 is 0 Å². The highest BCUT2D eigenvalue weighted by Crippen LogP contribution is 2.31. The smallest absolute Gasteiger partial charge is 0.238 e. The molecule has 0 aromatic heterocycles. The lowest BCUT2D eigenvalue weighted by Gasteiger charge is -2.27. The maximum atomic E-state index is 11.9. The van der Waals surface area contributed by atoms with Crippen molar-refractivity contribution in [1.82, 2.24) is 5.32 Å². The Morgan fingerprint density at radius 1 is 1.42 bits per heavy atom. The molecule has 5 nitrogen and oxygen atoms in total. The van der Waals surface area contributed by atoms with Gasteiger partial charge in [0.25, 0.3) is 0 Å². The molecule has 1 N–H and O–H groups in total. The predicted molar refractivity (Wildman–Crippen MR) is 71.7 cm³/mol. The summed E-state index contributed by atoms with van der Waals surface area (Å²) in [6, 6.07) is 7.26. The minimum atomic E-state index is -3.37. The monoisotopic (exact) mass is 283 g/mol. The quantitative estimate of drug-likeness (QED) is 0.900. The van der Waals surface area contributed by atoms with Gasteiger partial charge in [0, 0.05) is 18.2 Å². The molecule has 1 aromatic rings. The molecule has 1 aliphatic rings. The van der Waals surface area contributed by atoms with Crippen molar-refractivity contribution in [2.75, 3.05) is 12.9 Å². The number of rotatable bonds is 3. The Hall–Kier alpha value is -1.56. The number of para-hydroxylation sites is 1. The standard InChI is InChI=1S/C13H17NO4S/c1-9(19(2,16)17)13(15)14-11-7-8-18-12-6-4-3-5-10(11)12/h3-6,9,11H,7-8H2,1-2H3,(H,14,15)/t9-,11+/m0/s1. The van der Waals surface area contributed by atoms with Crippen molar-refractivity contribution in [3.8, 4) is 5.75 Å². The summed E-state index contributed by atoms with van der Waals surface area (Å²) in [4.78, 5) is 11.9. The zero-order valence-corrected chi connectivity index (χ0v) is 11.7. The van der Waals surface area contributed by atoms with Crippen LogP contribution in [0, 0.1) is 0 Å². The van der Waals surface area contributed by atoms with Crippen molar-refractivity contribution in [1.29, 1.82) is 0 Å². The van der Waals surface area contributed by atoms with E-state index >= 15 is 0 Å². The van der Waals surface area contributed by atoms with Crippen molar-refractivity contribution < 1.29 is 17.9 Å². The average molecular weight is 283 g/mol. The molecule has 2 rings (SSSR count). The molecule has 0 fully saturated rings. The first-order valence-electron chi connectivity index (χ1n) is 6.10. The molecule has 2 atom stereocenters. The van der Waals surface area contributed by atoms with Crippen molar-refractivity contribution >= 4 is 15.7 Å². The van der Waals surface area contributed by atoms with Gasteiger partial charge in [0.15, 0.2) is 9.84 Å². The van der Waals surface area contributed by atoms with E-state index in [-0.39, 0.29) is 6.04 Å². The molecular weight excluding hydrogens is 266 g/mol. The fourth-order valence-electron chi connectivity index (χ4n) is 1.98. The van der Waals surface area contributed by atoms with E-state index in [1.54, 1.807) is 0 Å². The van der Waals surface area contributed by atoms with Gasteiger partial charge in [-0.3, -0.25) is 4.79 Å². The van der Waals surface area contributed by atoms with E-state index in [0.29, 0.717) is 13.0 Å². The van der Waals surface area contributed by atoms with Gasteiger partial charge in [-0.1, -0.05) is 18.2 Å². The molecule has 0 saturated heterocycles. The lowest BCUT2D eigenvalue weighted by atomic mass is 10.0. The minimum Gasteiger partial charge on any atom is -0.493 e. The molecule has 1 amide bonds. The van der Waals surface area contributed by atoms with Crippen LogP contribution >= 0.6 is 0 Å². The number of nitrogens with one attached hydrogen (secondary N) is 1. The number of hydrogen-bond donors (Lipinski definition) is 1. The van der Waals surface area contributed by atoms with Crippen LogP contribution in [0.15, 0.2) is 24.3 Å². The molecule has 1 aliphatic heterocycles. The minimum absolute atomic E-state index is 0.193. The molecule has 0 radical (unpaired) electrons. The fourth-order valence-corrected chi connectivity index (χ4v) is 2.43. The summed E-state index contributed by atoms with van der Waals surface area (Å²) in [6.07, 6.45) is 1.70. The number of ether oxygens (including phenoxy) is 1. The second-order valence-electron chi connectivity index (χ2n) is 4.71. The summed E-state index contributed by atoms with van der Waals surface area (Å²) in [6.45, 7) is 1.91. The Morgan fingerprint density at radius 2 is 2.11 bits per heavy atom. The van der Waals surface area contributed by atoms with Crippen molar-refractivity contribution in [3.05, 3.63) is 29.8 Å². The Labute approximate surface area is 112 Å². The van der Waals surface area contributed by atoms with Gasteiger partial charge in [-0.15, -0.1) is 0 Å². The summed E-state index contributed by atoms with van der Waals surface area (Å²) in [5, 5.41) is 1.74. The van der Waals surface area contributed by atoms with Crippen LogP contribution in [0.3, 0.4) is 0 Å². The van der Waals surface area contributed by atoms with Crippen LogP contribution in [-0.2, 0) is 14.6 Å². The average Bonchev–Trinajstić information content (AvgIpc) is 2.37. The number of sulfone groups is 1. The first-order chi connectivity index (χ1) is 8.89. The molecule has 19 heavy (non-hydrogen) atoms. The number of carbonyl (C=O) groups excluding carboxylic acids is 1. The summed E-state index contributed by atoms with van der Waals surface area (Å²) in [7, 11) is -3.37. The van der Waals surface area contributed by atoms with Crippen molar-refractivity contribution in [3.63, 3.8) is 0 Å². The summed E-state index contributed by atoms with van der Waals surface area (Å²) >= 11 is 0. The van der Waals surface area contributed by atoms with E-state index < -0.39 is 21.0 Å². The van der Waals surface area contributed by atoms with Gasteiger partial charge in [-0.2, -0.15) is 0 Å². The Kier molecular flexibility index (Phi) is 3.80. The van der Waals surface area contributed by atoms with E-state index in [1.165, 1.54) is 6.92 Å². The van der Waals surface area contributed by atoms with Crippen LogP contribution in [0.1, 0.15) is 24.9 Å². The molecule has 0 unspecified atom stereocenters. The highest BCUT2D eigenvalue weighted by molar-refractivity contribution is 7.92. The molecule has 0 bridgehead atoms. The number of carbonyl (C=O) groups is 1. The molecule has 1 heterocycles. The van der Waals surface area contributed by atoms with E-state index in [2.05, 4.69) is 5.32 Å². The summed E-state index contributed by atoms with van der Waals surface area (Å²) in [5.41, 5.74) is 0.891. The maximum absolute atomic E-state index is 11.9. The summed E-state index contributed by atoms with van der Waals surface area (Å²) < 4.78 is 28.2. The van der Waals surface area contributed by atoms with Crippen LogP contribution in [0.25, 0.3) is 0 Å². The SMILES string of the molecule is C[C@@H](C(=O)N[C@@H]1CCOc2ccccc21)S(C)(=O)=O. The number of benzene rings is 1. The van der Waals surface area contributed by atoms with Crippen LogP contribution in [-0.4, -0.2) is 32.4 Å². The highest BCUT2D eigenvalue weighted by atomic mass is 32.2. The van der Waals surface area contributed by atoms with E-state index in [4.69, 9.17) is 4.74 Å². The van der Waals surface area contributed by atoms with Gasteiger partial charge in [-0.05, 0) is 13.0 Å². The molecule has 104 valence electrons. The van der Waals surface area contributed by atoms with Crippen LogP contribution in [0.2, 0.25) is 0 Å². The zero-order valence-electron chi connectivity index (χ0n) is 10.9. The fraction of sp³-hybridized carbons (Fsp3) is 0.462. The molecule has 6 heteroatoms. The second kappa shape index (κ2) is 5.21. The van der Waals surface area contributed by atoms with E-state index in [1.807, 2.05) is 24.3 Å². The second-order valence-corrected chi connectivity index (χ2v) is 7.07. The highest BCUT2D eigenvalue weighted by Gasteiger charge is 2.28. The Bertz CT molecular complexity index is 582. The first-order valence-corrected chi connectivity index (χ1v) is 8.06. The predicted octanol–water partition coefficient (Wildman–Crippen LogP) is 1.06. The Balaban J connectivity index is 2.15. The third kappa shape index (κ3) is 3.07. The Morgan fingerprint density at radius 3 is 2.79 bits per heavy atom.